The minimum Gasteiger partial charge on any atom is -0.379 e. The Morgan fingerprint density at radius 2 is 1.89 bits per heavy atom. The number of hydrogen-bond acceptors (Lipinski definition) is 3. The molecular formula is C21H36IN3O2. The first kappa shape index (κ1) is 24.2. The van der Waals surface area contributed by atoms with Crippen LogP contribution < -0.4 is 5.32 Å². The Morgan fingerprint density at radius 3 is 2.59 bits per heavy atom. The van der Waals surface area contributed by atoms with E-state index in [1.807, 2.05) is 7.05 Å². The van der Waals surface area contributed by atoms with Crippen LogP contribution in [0.1, 0.15) is 31.7 Å². The predicted molar refractivity (Wildman–Crippen MR) is 123 cm³/mol. The van der Waals surface area contributed by atoms with Gasteiger partial charge in [-0.1, -0.05) is 43.7 Å². The van der Waals surface area contributed by atoms with Gasteiger partial charge in [-0.15, -0.1) is 24.0 Å². The van der Waals surface area contributed by atoms with E-state index in [0.29, 0.717) is 25.7 Å². The molecule has 1 heterocycles. The molecule has 0 saturated carbocycles. The van der Waals surface area contributed by atoms with E-state index in [4.69, 9.17) is 9.47 Å². The fourth-order valence-electron chi connectivity index (χ4n) is 3.27. The van der Waals surface area contributed by atoms with Gasteiger partial charge in [-0.3, -0.25) is 4.99 Å². The lowest BCUT2D eigenvalue weighted by Gasteiger charge is -2.21. The second-order valence-electron chi connectivity index (χ2n) is 6.84. The molecule has 2 rings (SSSR count). The summed E-state index contributed by atoms with van der Waals surface area (Å²) in [6.07, 6.45) is 4.67. The summed E-state index contributed by atoms with van der Waals surface area (Å²) in [6, 6.07) is 10.8. The molecule has 0 aromatic heterocycles. The molecule has 1 fully saturated rings. The summed E-state index contributed by atoms with van der Waals surface area (Å²) in [5, 5.41) is 3.42. The predicted octanol–water partition coefficient (Wildman–Crippen LogP) is 3.58. The first-order valence-electron chi connectivity index (χ1n) is 9.98. The van der Waals surface area contributed by atoms with Crippen molar-refractivity contribution in [2.45, 2.75) is 32.6 Å². The summed E-state index contributed by atoms with van der Waals surface area (Å²) in [4.78, 5) is 6.79. The van der Waals surface area contributed by atoms with E-state index in [1.165, 1.54) is 18.4 Å². The Morgan fingerprint density at radius 1 is 1.15 bits per heavy atom. The van der Waals surface area contributed by atoms with Crippen molar-refractivity contribution < 1.29 is 9.47 Å². The molecule has 0 bridgehead atoms. The van der Waals surface area contributed by atoms with Gasteiger partial charge in [0.15, 0.2) is 5.96 Å². The molecule has 1 unspecified atom stereocenters. The molecule has 0 radical (unpaired) electrons. The molecule has 1 N–H and O–H groups in total. The zero-order valence-electron chi connectivity index (χ0n) is 16.9. The van der Waals surface area contributed by atoms with Gasteiger partial charge in [0.25, 0.3) is 0 Å². The lowest BCUT2D eigenvalue weighted by atomic mass is 9.99. The molecule has 0 aliphatic carbocycles. The zero-order valence-corrected chi connectivity index (χ0v) is 19.2. The van der Waals surface area contributed by atoms with Crippen molar-refractivity contribution in [1.29, 1.82) is 0 Å². The molecule has 1 aromatic carbocycles. The Balaban J connectivity index is 0.00000364. The summed E-state index contributed by atoms with van der Waals surface area (Å²) in [5.41, 5.74) is 1.43. The summed E-state index contributed by atoms with van der Waals surface area (Å²) >= 11 is 0. The number of hydrogen-bond donors (Lipinski definition) is 1. The molecule has 5 nitrogen and oxygen atoms in total. The SMILES string of the molecule is CCCCOCCOCCNC(=NC)N1CCC(Cc2ccccc2)C1.I. The summed E-state index contributed by atoms with van der Waals surface area (Å²) in [7, 11) is 1.86. The van der Waals surface area contributed by atoms with Crippen LogP contribution in [0, 0.1) is 5.92 Å². The van der Waals surface area contributed by atoms with Crippen molar-refractivity contribution in [2.75, 3.05) is 53.1 Å². The van der Waals surface area contributed by atoms with Crippen LogP contribution in [-0.2, 0) is 15.9 Å². The van der Waals surface area contributed by atoms with Crippen molar-refractivity contribution in [3.8, 4) is 0 Å². The monoisotopic (exact) mass is 489 g/mol. The van der Waals surface area contributed by atoms with Gasteiger partial charge in [0, 0.05) is 33.3 Å². The van der Waals surface area contributed by atoms with Crippen molar-refractivity contribution >= 4 is 29.9 Å². The lowest BCUT2D eigenvalue weighted by Crippen LogP contribution is -2.41. The van der Waals surface area contributed by atoms with Crippen LogP contribution in [0.25, 0.3) is 0 Å². The van der Waals surface area contributed by atoms with E-state index < -0.39 is 0 Å². The molecule has 1 atom stereocenters. The molecule has 6 heteroatoms. The molecule has 27 heavy (non-hydrogen) atoms. The first-order valence-corrected chi connectivity index (χ1v) is 9.98. The lowest BCUT2D eigenvalue weighted by molar-refractivity contribution is 0.0486. The number of nitrogens with zero attached hydrogens (tertiary/aromatic N) is 2. The topological polar surface area (TPSA) is 46.1 Å². The molecular weight excluding hydrogens is 453 g/mol. The normalized spacial score (nSPS) is 17.0. The summed E-state index contributed by atoms with van der Waals surface area (Å²) in [5.74, 6) is 1.69. The average molecular weight is 489 g/mol. The van der Waals surface area contributed by atoms with Crippen molar-refractivity contribution in [2.24, 2.45) is 10.9 Å². The number of aliphatic imine (C=N–C) groups is 1. The summed E-state index contributed by atoms with van der Waals surface area (Å²) < 4.78 is 11.1. The smallest absolute Gasteiger partial charge is 0.193 e. The van der Waals surface area contributed by atoms with Gasteiger partial charge in [-0.25, -0.2) is 0 Å². The van der Waals surface area contributed by atoms with Gasteiger partial charge >= 0.3 is 0 Å². The highest BCUT2D eigenvalue weighted by Crippen LogP contribution is 2.20. The van der Waals surface area contributed by atoms with Gasteiger partial charge in [0.05, 0.1) is 19.8 Å². The number of rotatable bonds is 11. The Labute approximate surface area is 181 Å². The zero-order chi connectivity index (χ0) is 18.5. The van der Waals surface area contributed by atoms with Crippen LogP contribution in [0.15, 0.2) is 35.3 Å². The van der Waals surface area contributed by atoms with Gasteiger partial charge < -0.3 is 19.7 Å². The van der Waals surface area contributed by atoms with Gasteiger partial charge in [-0.2, -0.15) is 0 Å². The van der Waals surface area contributed by atoms with Crippen molar-refractivity contribution in [3.63, 3.8) is 0 Å². The summed E-state index contributed by atoms with van der Waals surface area (Å²) in [6.45, 7) is 7.95. The Hall–Kier alpha value is -0.860. The third-order valence-electron chi connectivity index (χ3n) is 4.71. The Bertz CT molecular complexity index is 513. The maximum Gasteiger partial charge on any atom is 0.193 e. The van der Waals surface area contributed by atoms with E-state index >= 15 is 0 Å². The van der Waals surface area contributed by atoms with E-state index in [2.05, 4.69) is 52.5 Å². The minimum absolute atomic E-state index is 0. The van der Waals surface area contributed by atoms with Crippen LogP contribution in [0.2, 0.25) is 0 Å². The van der Waals surface area contributed by atoms with Crippen molar-refractivity contribution in [3.05, 3.63) is 35.9 Å². The second-order valence-corrected chi connectivity index (χ2v) is 6.84. The molecule has 1 aromatic rings. The van der Waals surface area contributed by atoms with Crippen molar-refractivity contribution in [1.82, 2.24) is 10.2 Å². The van der Waals surface area contributed by atoms with Gasteiger partial charge in [0.2, 0.25) is 0 Å². The number of halogens is 1. The second kappa shape index (κ2) is 15.1. The number of unbranched alkanes of at least 4 members (excludes halogenated alkanes) is 1. The largest absolute Gasteiger partial charge is 0.379 e. The van der Waals surface area contributed by atoms with E-state index in [-0.39, 0.29) is 24.0 Å². The van der Waals surface area contributed by atoms with Gasteiger partial charge in [0.1, 0.15) is 0 Å². The maximum atomic E-state index is 5.61. The number of guanidine groups is 1. The highest BCUT2D eigenvalue weighted by atomic mass is 127. The third kappa shape index (κ3) is 9.76. The molecule has 1 aliphatic heterocycles. The molecule has 0 spiro atoms. The molecule has 154 valence electrons. The average Bonchev–Trinajstić information content (AvgIpc) is 3.12. The van der Waals surface area contributed by atoms with E-state index in [0.717, 1.165) is 45.0 Å². The first-order chi connectivity index (χ1) is 12.8. The fraction of sp³-hybridized carbons (Fsp3) is 0.667. The number of nitrogens with one attached hydrogen (secondary N) is 1. The number of ether oxygens (including phenoxy) is 2. The maximum absolute atomic E-state index is 5.61. The molecule has 0 amide bonds. The van der Waals surface area contributed by atoms with Crippen LogP contribution in [-0.4, -0.2) is 64.0 Å². The van der Waals surface area contributed by atoms with E-state index in [1.54, 1.807) is 0 Å². The van der Waals surface area contributed by atoms with Crippen LogP contribution in [0.3, 0.4) is 0 Å². The standard InChI is InChI=1S/C21H35N3O2.HI/c1-3-4-13-25-15-16-26-14-11-23-21(22-2)24-12-10-20(18-24)17-19-8-6-5-7-9-19;/h5-9,20H,3-4,10-18H2,1-2H3,(H,22,23);1H. The Kier molecular flexibility index (Phi) is 13.5. The molecule has 1 aliphatic rings. The minimum atomic E-state index is 0. The molecule has 1 saturated heterocycles. The highest BCUT2D eigenvalue weighted by Gasteiger charge is 2.24. The third-order valence-corrected chi connectivity index (χ3v) is 4.71. The van der Waals surface area contributed by atoms with E-state index in [9.17, 15) is 0 Å². The van der Waals surface area contributed by atoms with Crippen LogP contribution >= 0.6 is 24.0 Å². The fourth-order valence-corrected chi connectivity index (χ4v) is 3.27. The van der Waals surface area contributed by atoms with Gasteiger partial charge in [-0.05, 0) is 30.7 Å². The highest BCUT2D eigenvalue weighted by molar-refractivity contribution is 14.0. The quantitative estimate of drug-likeness (QED) is 0.224. The van der Waals surface area contributed by atoms with Crippen LogP contribution in [0.5, 0.6) is 0 Å². The number of benzene rings is 1. The number of likely N-dealkylation sites (tertiary alicyclic amines) is 1. The van der Waals surface area contributed by atoms with Crippen LogP contribution in [0.4, 0.5) is 0 Å².